The third kappa shape index (κ3) is 4.18. The maximum absolute atomic E-state index is 3.95. The Morgan fingerprint density at radius 3 is 2.80 bits per heavy atom. The average molecular weight is 223 g/mol. The molecule has 0 spiro atoms. The molecule has 0 aliphatic rings. The van der Waals surface area contributed by atoms with E-state index in [1.54, 1.807) is 11.3 Å². The smallest absolute Gasteiger partial charge is 0.00453 e. The summed E-state index contributed by atoms with van der Waals surface area (Å²) in [5.41, 5.74) is 1.57. The lowest BCUT2D eigenvalue weighted by Crippen LogP contribution is -2.35. The minimum Gasteiger partial charge on any atom is -0.314 e. The summed E-state index contributed by atoms with van der Waals surface area (Å²) in [6.07, 6.45) is 3.14. The second kappa shape index (κ2) is 5.47. The molecule has 1 rings (SSSR count). The van der Waals surface area contributed by atoms with Gasteiger partial charge in [-0.2, -0.15) is 11.3 Å². The van der Waals surface area contributed by atoms with E-state index in [0.29, 0.717) is 6.04 Å². The van der Waals surface area contributed by atoms with E-state index in [9.17, 15) is 0 Å². The van der Waals surface area contributed by atoms with Crippen molar-refractivity contribution in [3.63, 3.8) is 0 Å². The third-order valence-corrected chi connectivity index (χ3v) is 3.33. The van der Waals surface area contributed by atoms with Crippen molar-refractivity contribution in [2.45, 2.75) is 33.2 Å². The van der Waals surface area contributed by atoms with Crippen LogP contribution in [0.4, 0.5) is 0 Å². The molecule has 0 aliphatic heterocycles. The van der Waals surface area contributed by atoms with Gasteiger partial charge in [-0.1, -0.05) is 26.8 Å². The summed E-state index contributed by atoms with van der Waals surface area (Å²) in [5.74, 6) is 0. The fourth-order valence-electron chi connectivity index (χ4n) is 1.50. The first-order valence-electron chi connectivity index (χ1n) is 5.44. The van der Waals surface area contributed by atoms with Crippen LogP contribution >= 0.6 is 11.3 Å². The van der Waals surface area contributed by atoms with Crippen LogP contribution in [0.15, 0.2) is 29.5 Å². The zero-order valence-electron chi connectivity index (χ0n) is 9.92. The molecule has 0 aliphatic carbocycles. The first-order valence-corrected chi connectivity index (χ1v) is 6.38. The first kappa shape index (κ1) is 12.5. The summed E-state index contributed by atoms with van der Waals surface area (Å²) in [5, 5.41) is 7.83. The van der Waals surface area contributed by atoms with Crippen molar-refractivity contribution in [1.29, 1.82) is 0 Å². The van der Waals surface area contributed by atoms with Crippen molar-refractivity contribution >= 4 is 11.3 Å². The molecule has 84 valence electrons. The molecule has 0 bridgehead atoms. The summed E-state index contributed by atoms with van der Waals surface area (Å²) < 4.78 is 0. The van der Waals surface area contributed by atoms with E-state index in [1.807, 2.05) is 0 Å². The quantitative estimate of drug-likeness (QED) is 0.728. The predicted molar refractivity (Wildman–Crippen MR) is 69.5 cm³/mol. The van der Waals surface area contributed by atoms with Gasteiger partial charge in [-0.15, -0.1) is 6.58 Å². The second-order valence-electron chi connectivity index (χ2n) is 4.70. The highest BCUT2D eigenvalue weighted by molar-refractivity contribution is 7.07. The molecule has 15 heavy (non-hydrogen) atoms. The van der Waals surface area contributed by atoms with E-state index in [-0.39, 0.29) is 5.41 Å². The fourth-order valence-corrected chi connectivity index (χ4v) is 2.17. The van der Waals surface area contributed by atoms with Crippen LogP contribution in [-0.2, 0) is 6.42 Å². The summed E-state index contributed by atoms with van der Waals surface area (Å²) in [7, 11) is 0. The standard InChI is InChI=1S/C13H21NS/c1-5-13(4,10-14-11(2)3)8-12-6-7-15-9-12/h5-7,9,11,14H,1,8,10H2,2-4H3. The molecule has 0 amide bonds. The SMILES string of the molecule is C=CC(C)(CNC(C)C)Cc1ccsc1. The molecule has 0 fully saturated rings. The van der Waals surface area contributed by atoms with Crippen molar-refractivity contribution in [3.05, 3.63) is 35.0 Å². The highest BCUT2D eigenvalue weighted by atomic mass is 32.1. The number of rotatable bonds is 6. The van der Waals surface area contributed by atoms with Gasteiger partial charge < -0.3 is 5.32 Å². The minimum absolute atomic E-state index is 0.158. The molecule has 1 N–H and O–H groups in total. The lowest BCUT2D eigenvalue weighted by molar-refractivity contribution is 0.374. The molecule has 1 nitrogen and oxygen atoms in total. The Kier molecular flexibility index (Phi) is 4.55. The van der Waals surface area contributed by atoms with Crippen LogP contribution in [0.5, 0.6) is 0 Å². The molecular formula is C13H21NS. The molecule has 1 unspecified atom stereocenters. The molecule has 1 atom stereocenters. The summed E-state index contributed by atoms with van der Waals surface area (Å²) in [6, 6.07) is 2.73. The van der Waals surface area contributed by atoms with Crippen molar-refractivity contribution < 1.29 is 0 Å². The van der Waals surface area contributed by atoms with Gasteiger partial charge in [-0.25, -0.2) is 0 Å². The summed E-state index contributed by atoms with van der Waals surface area (Å²) >= 11 is 1.76. The molecule has 1 aromatic rings. The van der Waals surface area contributed by atoms with E-state index in [4.69, 9.17) is 0 Å². The molecular weight excluding hydrogens is 202 g/mol. The Balaban J connectivity index is 2.56. The van der Waals surface area contributed by atoms with Crippen LogP contribution in [0.2, 0.25) is 0 Å². The van der Waals surface area contributed by atoms with E-state index in [2.05, 4.69) is 55.6 Å². The largest absolute Gasteiger partial charge is 0.314 e. The normalized spacial score (nSPS) is 15.2. The molecule has 2 heteroatoms. The van der Waals surface area contributed by atoms with E-state index in [0.717, 1.165) is 13.0 Å². The van der Waals surface area contributed by atoms with Gasteiger partial charge in [-0.05, 0) is 28.8 Å². The zero-order valence-corrected chi connectivity index (χ0v) is 10.7. The molecule has 0 aromatic carbocycles. The number of thiophene rings is 1. The van der Waals surface area contributed by atoms with Crippen LogP contribution < -0.4 is 5.32 Å². The lowest BCUT2D eigenvalue weighted by atomic mass is 9.84. The Morgan fingerprint density at radius 2 is 2.33 bits per heavy atom. The lowest BCUT2D eigenvalue weighted by Gasteiger charge is -2.27. The molecule has 0 saturated carbocycles. The van der Waals surface area contributed by atoms with Crippen LogP contribution in [-0.4, -0.2) is 12.6 Å². The summed E-state index contributed by atoms with van der Waals surface area (Å²) in [6.45, 7) is 11.6. The van der Waals surface area contributed by atoms with Crippen LogP contribution in [0.25, 0.3) is 0 Å². The van der Waals surface area contributed by atoms with Gasteiger partial charge in [0, 0.05) is 18.0 Å². The second-order valence-corrected chi connectivity index (χ2v) is 5.48. The molecule has 0 saturated heterocycles. The number of hydrogen-bond donors (Lipinski definition) is 1. The predicted octanol–water partition coefficient (Wildman–Crippen LogP) is 3.48. The average Bonchev–Trinajstić information content (AvgIpc) is 2.67. The first-order chi connectivity index (χ1) is 7.06. The Morgan fingerprint density at radius 1 is 1.60 bits per heavy atom. The van der Waals surface area contributed by atoms with Crippen molar-refractivity contribution in [2.24, 2.45) is 5.41 Å². The van der Waals surface area contributed by atoms with Gasteiger partial charge in [0.05, 0.1) is 0 Å². The fraction of sp³-hybridized carbons (Fsp3) is 0.538. The van der Waals surface area contributed by atoms with Gasteiger partial charge in [0.1, 0.15) is 0 Å². The highest BCUT2D eigenvalue weighted by Gasteiger charge is 2.20. The Bertz CT molecular complexity index is 289. The topological polar surface area (TPSA) is 12.0 Å². The maximum Gasteiger partial charge on any atom is 0.00453 e. The van der Waals surface area contributed by atoms with E-state index in [1.165, 1.54) is 5.56 Å². The molecule has 0 radical (unpaired) electrons. The molecule has 1 heterocycles. The van der Waals surface area contributed by atoms with Crippen LogP contribution in [0, 0.1) is 5.41 Å². The monoisotopic (exact) mass is 223 g/mol. The Hall–Kier alpha value is -0.600. The van der Waals surface area contributed by atoms with E-state index < -0.39 is 0 Å². The van der Waals surface area contributed by atoms with Crippen molar-refractivity contribution in [2.75, 3.05) is 6.54 Å². The van der Waals surface area contributed by atoms with E-state index >= 15 is 0 Å². The maximum atomic E-state index is 3.95. The summed E-state index contributed by atoms with van der Waals surface area (Å²) in [4.78, 5) is 0. The number of hydrogen-bond acceptors (Lipinski definition) is 2. The van der Waals surface area contributed by atoms with Gasteiger partial charge in [-0.3, -0.25) is 0 Å². The van der Waals surface area contributed by atoms with Crippen molar-refractivity contribution in [3.8, 4) is 0 Å². The minimum atomic E-state index is 0.158. The molecule has 1 aromatic heterocycles. The van der Waals surface area contributed by atoms with Gasteiger partial charge in [0.2, 0.25) is 0 Å². The van der Waals surface area contributed by atoms with Crippen molar-refractivity contribution in [1.82, 2.24) is 5.32 Å². The Labute approximate surface area is 97.2 Å². The van der Waals surface area contributed by atoms with Gasteiger partial charge in [0.25, 0.3) is 0 Å². The third-order valence-electron chi connectivity index (χ3n) is 2.60. The van der Waals surface area contributed by atoms with Crippen LogP contribution in [0.3, 0.4) is 0 Å². The zero-order chi connectivity index (χ0) is 11.3. The highest BCUT2D eigenvalue weighted by Crippen LogP contribution is 2.24. The van der Waals surface area contributed by atoms with Gasteiger partial charge >= 0.3 is 0 Å². The van der Waals surface area contributed by atoms with Crippen LogP contribution in [0.1, 0.15) is 26.3 Å². The van der Waals surface area contributed by atoms with Gasteiger partial charge in [0.15, 0.2) is 0 Å². The number of nitrogens with one attached hydrogen (secondary N) is 1.